The van der Waals surface area contributed by atoms with Gasteiger partial charge in [0.15, 0.2) is 0 Å². The van der Waals surface area contributed by atoms with E-state index < -0.39 is 0 Å². The number of fused-ring (bicyclic) bond motifs is 4. The van der Waals surface area contributed by atoms with E-state index in [9.17, 15) is 0 Å². The summed E-state index contributed by atoms with van der Waals surface area (Å²) >= 11 is 0. The zero-order chi connectivity index (χ0) is 24.1. The molecule has 1 nitrogen and oxygen atoms in total. The molecule has 0 saturated carbocycles. The number of hydrogen-bond acceptors (Lipinski definition) is 1. The molecule has 7 aromatic rings. The molecule has 36 heavy (non-hydrogen) atoms. The van der Waals surface area contributed by atoms with Crippen LogP contribution in [0.25, 0.3) is 66.1 Å². The van der Waals surface area contributed by atoms with E-state index >= 15 is 0 Å². The fourth-order valence-corrected chi connectivity index (χ4v) is 5.22. The Labute approximate surface area is 210 Å². The standard InChI is InChI=1S/C35H24O/c1-23-7-4-10-24(17-23)25-11-5-12-26(18-25)27-13-6-14-28(19-27)31-15-16-32-33-20-29-8-2-3-9-30(29)21-35(33)36-34(32)22-31/h2-22H,1H3. The summed E-state index contributed by atoms with van der Waals surface area (Å²) in [4.78, 5) is 0. The lowest BCUT2D eigenvalue weighted by Crippen LogP contribution is -1.84. The van der Waals surface area contributed by atoms with E-state index in [0.29, 0.717) is 0 Å². The van der Waals surface area contributed by atoms with Crippen molar-refractivity contribution in [2.75, 3.05) is 0 Å². The van der Waals surface area contributed by atoms with Crippen molar-refractivity contribution in [1.29, 1.82) is 0 Å². The molecule has 0 aliphatic carbocycles. The molecule has 0 radical (unpaired) electrons. The van der Waals surface area contributed by atoms with E-state index in [2.05, 4.69) is 134 Å². The summed E-state index contributed by atoms with van der Waals surface area (Å²) < 4.78 is 6.31. The van der Waals surface area contributed by atoms with Gasteiger partial charge in [-0.15, -0.1) is 0 Å². The van der Waals surface area contributed by atoms with Crippen LogP contribution < -0.4 is 0 Å². The Morgan fingerprint density at radius 3 is 1.56 bits per heavy atom. The molecule has 1 heterocycles. The summed E-state index contributed by atoms with van der Waals surface area (Å²) in [6.45, 7) is 2.14. The van der Waals surface area contributed by atoms with Crippen molar-refractivity contribution >= 4 is 32.7 Å². The van der Waals surface area contributed by atoms with Gasteiger partial charge in [0.2, 0.25) is 0 Å². The molecular weight excluding hydrogens is 436 g/mol. The van der Waals surface area contributed by atoms with Crippen molar-refractivity contribution in [2.45, 2.75) is 6.92 Å². The van der Waals surface area contributed by atoms with Gasteiger partial charge in [-0.1, -0.05) is 96.6 Å². The van der Waals surface area contributed by atoms with Gasteiger partial charge in [-0.05, 0) is 87.5 Å². The van der Waals surface area contributed by atoms with E-state index in [1.807, 2.05) is 0 Å². The number of rotatable bonds is 3. The minimum atomic E-state index is 0.921. The smallest absolute Gasteiger partial charge is 0.136 e. The lowest BCUT2D eigenvalue weighted by Gasteiger charge is -2.09. The highest BCUT2D eigenvalue weighted by atomic mass is 16.3. The molecule has 170 valence electrons. The van der Waals surface area contributed by atoms with E-state index in [0.717, 1.165) is 27.5 Å². The van der Waals surface area contributed by atoms with Gasteiger partial charge in [0.05, 0.1) is 0 Å². The first kappa shape index (κ1) is 20.7. The van der Waals surface area contributed by atoms with Gasteiger partial charge < -0.3 is 4.42 Å². The van der Waals surface area contributed by atoms with Crippen LogP contribution >= 0.6 is 0 Å². The number of benzene rings is 6. The monoisotopic (exact) mass is 460 g/mol. The zero-order valence-corrected chi connectivity index (χ0v) is 20.0. The summed E-state index contributed by atoms with van der Waals surface area (Å²) in [7, 11) is 0. The molecule has 1 heteroatoms. The third-order valence-corrected chi connectivity index (χ3v) is 7.08. The normalized spacial score (nSPS) is 11.5. The van der Waals surface area contributed by atoms with Crippen molar-refractivity contribution < 1.29 is 4.42 Å². The van der Waals surface area contributed by atoms with E-state index in [1.54, 1.807) is 0 Å². The maximum absolute atomic E-state index is 6.31. The maximum Gasteiger partial charge on any atom is 0.136 e. The Morgan fingerprint density at radius 2 is 0.917 bits per heavy atom. The van der Waals surface area contributed by atoms with Crippen LogP contribution in [-0.2, 0) is 0 Å². The van der Waals surface area contributed by atoms with Gasteiger partial charge in [0.25, 0.3) is 0 Å². The Balaban J connectivity index is 1.29. The second kappa shape index (κ2) is 8.25. The predicted octanol–water partition coefficient (Wildman–Crippen LogP) is 10.0. The van der Waals surface area contributed by atoms with Crippen LogP contribution in [0.4, 0.5) is 0 Å². The Morgan fingerprint density at radius 1 is 0.389 bits per heavy atom. The van der Waals surface area contributed by atoms with Crippen molar-refractivity contribution in [3.8, 4) is 33.4 Å². The highest BCUT2D eigenvalue weighted by molar-refractivity contribution is 6.10. The van der Waals surface area contributed by atoms with Crippen molar-refractivity contribution in [3.63, 3.8) is 0 Å². The first-order valence-electron chi connectivity index (χ1n) is 12.3. The number of hydrogen-bond donors (Lipinski definition) is 0. The number of aryl methyl sites for hydroxylation is 1. The topological polar surface area (TPSA) is 13.1 Å². The predicted molar refractivity (Wildman–Crippen MR) is 152 cm³/mol. The molecule has 0 amide bonds. The molecule has 0 aliphatic rings. The fourth-order valence-electron chi connectivity index (χ4n) is 5.22. The van der Waals surface area contributed by atoms with Crippen molar-refractivity contribution in [1.82, 2.24) is 0 Å². The molecule has 0 fully saturated rings. The highest BCUT2D eigenvalue weighted by Crippen LogP contribution is 2.36. The van der Waals surface area contributed by atoms with Crippen LogP contribution in [0, 0.1) is 6.92 Å². The number of furan rings is 1. The zero-order valence-electron chi connectivity index (χ0n) is 20.0. The summed E-state index contributed by atoms with van der Waals surface area (Å²) in [5, 5.41) is 4.75. The maximum atomic E-state index is 6.31. The van der Waals surface area contributed by atoms with E-state index in [4.69, 9.17) is 4.42 Å². The van der Waals surface area contributed by atoms with Crippen LogP contribution in [0.1, 0.15) is 5.56 Å². The largest absolute Gasteiger partial charge is 0.456 e. The molecule has 0 unspecified atom stereocenters. The van der Waals surface area contributed by atoms with Crippen molar-refractivity contribution in [2.24, 2.45) is 0 Å². The minimum Gasteiger partial charge on any atom is -0.456 e. The van der Waals surface area contributed by atoms with Gasteiger partial charge in [-0.25, -0.2) is 0 Å². The molecule has 6 aromatic carbocycles. The Kier molecular flexibility index (Phi) is 4.75. The lowest BCUT2D eigenvalue weighted by atomic mass is 9.95. The molecule has 0 N–H and O–H groups in total. The third-order valence-electron chi connectivity index (χ3n) is 7.08. The van der Waals surface area contributed by atoms with Gasteiger partial charge >= 0.3 is 0 Å². The van der Waals surface area contributed by atoms with Gasteiger partial charge in [0.1, 0.15) is 11.2 Å². The minimum absolute atomic E-state index is 0.921. The average molecular weight is 461 g/mol. The highest BCUT2D eigenvalue weighted by Gasteiger charge is 2.11. The lowest BCUT2D eigenvalue weighted by molar-refractivity contribution is 0.669. The Hall–Kier alpha value is -4.62. The van der Waals surface area contributed by atoms with Crippen LogP contribution in [0.5, 0.6) is 0 Å². The van der Waals surface area contributed by atoms with E-state index in [-0.39, 0.29) is 0 Å². The molecule has 0 atom stereocenters. The van der Waals surface area contributed by atoms with Crippen LogP contribution in [0.15, 0.2) is 132 Å². The van der Waals surface area contributed by atoms with Gasteiger partial charge in [0, 0.05) is 10.8 Å². The first-order valence-corrected chi connectivity index (χ1v) is 12.3. The van der Waals surface area contributed by atoms with Crippen molar-refractivity contribution in [3.05, 3.63) is 133 Å². The first-order chi connectivity index (χ1) is 17.7. The molecule has 0 spiro atoms. The van der Waals surface area contributed by atoms with Crippen LogP contribution in [-0.4, -0.2) is 0 Å². The quantitative estimate of drug-likeness (QED) is 0.256. The van der Waals surface area contributed by atoms with Crippen LogP contribution in [0.3, 0.4) is 0 Å². The summed E-state index contributed by atoms with van der Waals surface area (Å²) in [5.41, 5.74) is 10.4. The second-order valence-electron chi connectivity index (χ2n) is 9.54. The second-order valence-corrected chi connectivity index (χ2v) is 9.54. The Bertz CT molecular complexity index is 1900. The van der Waals surface area contributed by atoms with Gasteiger partial charge in [-0.2, -0.15) is 0 Å². The molecule has 0 aliphatic heterocycles. The summed E-state index contributed by atoms with van der Waals surface area (Å²) in [6, 6.07) is 45.6. The third kappa shape index (κ3) is 3.57. The average Bonchev–Trinajstić information content (AvgIpc) is 3.28. The summed E-state index contributed by atoms with van der Waals surface area (Å²) in [6.07, 6.45) is 0. The molecular formula is C35H24O. The van der Waals surface area contributed by atoms with Crippen LogP contribution in [0.2, 0.25) is 0 Å². The molecule has 1 aromatic heterocycles. The SMILES string of the molecule is Cc1cccc(-c2cccc(-c3cccc(-c4ccc5c(c4)oc4cc6ccccc6cc45)c3)c2)c1. The van der Waals surface area contributed by atoms with E-state index in [1.165, 1.54) is 44.2 Å². The fraction of sp³-hybridized carbons (Fsp3) is 0.0286. The molecule has 0 saturated heterocycles. The molecule has 7 rings (SSSR count). The summed E-state index contributed by atoms with van der Waals surface area (Å²) in [5.74, 6) is 0. The molecule has 0 bridgehead atoms. The van der Waals surface area contributed by atoms with Gasteiger partial charge in [-0.3, -0.25) is 0 Å².